The number of halogens is 2. The Bertz CT molecular complexity index is 559. The molecule has 2 aromatic rings. The Morgan fingerprint density at radius 1 is 1.41 bits per heavy atom. The van der Waals surface area contributed by atoms with Gasteiger partial charge in [-0.2, -0.15) is 4.98 Å². The molecule has 0 atom stereocenters. The van der Waals surface area contributed by atoms with Crippen LogP contribution in [0.25, 0.3) is 0 Å². The van der Waals surface area contributed by atoms with Crippen LogP contribution in [-0.4, -0.2) is 9.97 Å². The van der Waals surface area contributed by atoms with E-state index in [0.29, 0.717) is 0 Å². The molecule has 0 amide bonds. The molecule has 0 aliphatic carbocycles. The van der Waals surface area contributed by atoms with Crippen LogP contribution in [0.4, 0.5) is 21.8 Å². The number of rotatable bonds is 2. The zero-order valence-electron chi connectivity index (χ0n) is 9.04. The lowest BCUT2D eigenvalue weighted by Crippen LogP contribution is -2.03. The van der Waals surface area contributed by atoms with Crippen LogP contribution in [0.2, 0.25) is 0 Å². The predicted octanol–water partition coefficient (Wildman–Crippen LogP) is 3.01. The second-order valence-corrected chi connectivity index (χ2v) is 4.32. The quantitative estimate of drug-likeness (QED) is 0.894. The van der Waals surface area contributed by atoms with Crippen molar-refractivity contribution < 1.29 is 4.39 Å². The number of nitrogens with two attached hydrogens (primary N) is 1. The molecular formula is C11H10BrFN4. The Hall–Kier alpha value is -1.69. The summed E-state index contributed by atoms with van der Waals surface area (Å²) < 4.78 is 14.4. The monoisotopic (exact) mass is 296 g/mol. The van der Waals surface area contributed by atoms with Crippen LogP contribution in [0.3, 0.4) is 0 Å². The number of nitrogen functional groups attached to an aromatic ring is 1. The lowest BCUT2D eigenvalue weighted by Gasteiger charge is -2.10. The van der Waals surface area contributed by atoms with Gasteiger partial charge in [-0.25, -0.2) is 9.37 Å². The van der Waals surface area contributed by atoms with Gasteiger partial charge in [-0.1, -0.05) is 22.0 Å². The number of benzene rings is 1. The first-order valence-electron chi connectivity index (χ1n) is 4.88. The molecule has 88 valence electrons. The zero-order valence-corrected chi connectivity index (χ0v) is 10.6. The van der Waals surface area contributed by atoms with Crippen LogP contribution in [0.5, 0.6) is 0 Å². The van der Waals surface area contributed by atoms with Gasteiger partial charge in [0.15, 0.2) is 11.6 Å². The van der Waals surface area contributed by atoms with Gasteiger partial charge in [-0.3, -0.25) is 0 Å². The summed E-state index contributed by atoms with van der Waals surface area (Å²) >= 11 is 3.40. The van der Waals surface area contributed by atoms with Gasteiger partial charge < -0.3 is 11.1 Å². The lowest BCUT2D eigenvalue weighted by molar-refractivity contribution is 0.620. The van der Waals surface area contributed by atoms with E-state index in [4.69, 9.17) is 5.73 Å². The van der Waals surface area contributed by atoms with Crippen molar-refractivity contribution in [1.29, 1.82) is 0 Å². The van der Waals surface area contributed by atoms with Crippen molar-refractivity contribution >= 4 is 33.4 Å². The molecule has 0 saturated carbocycles. The van der Waals surface area contributed by atoms with Crippen LogP contribution in [-0.2, 0) is 0 Å². The summed E-state index contributed by atoms with van der Waals surface area (Å²) in [6.07, 6.45) is 1.04. The smallest absolute Gasteiger partial charge is 0.222 e. The molecule has 0 bridgehead atoms. The minimum atomic E-state index is -0.543. The van der Waals surface area contributed by atoms with Crippen molar-refractivity contribution in [2.24, 2.45) is 0 Å². The zero-order chi connectivity index (χ0) is 12.4. The van der Waals surface area contributed by atoms with E-state index >= 15 is 0 Å². The molecule has 1 aromatic heterocycles. The molecule has 0 spiro atoms. The molecule has 1 heterocycles. The van der Waals surface area contributed by atoms with Gasteiger partial charge in [-0.05, 0) is 24.6 Å². The van der Waals surface area contributed by atoms with Crippen molar-refractivity contribution in [2.45, 2.75) is 6.92 Å². The van der Waals surface area contributed by atoms with E-state index in [-0.39, 0.29) is 11.8 Å². The number of nitrogens with zero attached hydrogens (tertiary/aromatic N) is 2. The summed E-state index contributed by atoms with van der Waals surface area (Å²) in [7, 11) is 0. The molecular weight excluding hydrogens is 287 g/mol. The molecule has 6 heteroatoms. The third-order valence-corrected chi connectivity index (χ3v) is 3.14. The van der Waals surface area contributed by atoms with Crippen molar-refractivity contribution in [3.05, 3.63) is 40.2 Å². The average molecular weight is 297 g/mol. The third kappa shape index (κ3) is 2.52. The molecule has 0 unspecified atom stereocenters. The van der Waals surface area contributed by atoms with Gasteiger partial charge in [0.1, 0.15) is 0 Å². The fraction of sp³-hybridized carbons (Fsp3) is 0.0909. The van der Waals surface area contributed by atoms with E-state index in [9.17, 15) is 4.39 Å². The van der Waals surface area contributed by atoms with Gasteiger partial charge in [0.25, 0.3) is 0 Å². The number of hydrogen-bond donors (Lipinski definition) is 2. The van der Waals surface area contributed by atoms with Crippen LogP contribution in [0.1, 0.15) is 5.56 Å². The maximum Gasteiger partial charge on any atom is 0.222 e. The summed E-state index contributed by atoms with van der Waals surface area (Å²) in [4.78, 5) is 7.37. The summed E-state index contributed by atoms with van der Waals surface area (Å²) in [6, 6.07) is 5.59. The first kappa shape index (κ1) is 11.8. The molecule has 17 heavy (non-hydrogen) atoms. The number of hydrogen-bond acceptors (Lipinski definition) is 4. The highest BCUT2D eigenvalue weighted by Crippen LogP contribution is 2.26. The van der Waals surface area contributed by atoms with Crippen molar-refractivity contribution in [3.8, 4) is 0 Å². The Balaban J connectivity index is 2.38. The van der Waals surface area contributed by atoms with Crippen LogP contribution in [0.15, 0.2) is 28.9 Å². The van der Waals surface area contributed by atoms with Gasteiger partial charge in [0.2, 0.25) is 5.95 Å². The minimum Gasteiger partial charge on any atom is -0.368 e. The van der Waals surface area contributed by atoms with Crippen LogP contribution < -0.4 is 11.1 Å². The van der Waals surface area contributed by atoms with Gasteiger partial charge in [0.05, 0.1) is 6.20 Å². The molecule has 0 radical (unpaired) electrons. The lowest BCUT2D eigenvalue weighted by atomic mass is 10.2. The number of anilines is 3. The highest BCUT2D eigenvalue weighted by Gasteiger charge is 2.08. The molecule has 0 fully saturated rings. The highest BCUT2D eigenvalue weighted by molar-refractivity contribution is 9.10. The molecule has 2 rings (SSSR count). The van der Waals surface area contributed by atoms with Crippen LogP contribution >= 0.6 is 15.9 Å². The summed E-state index contributed by atoms with van der Waals surface area (Å²) in [5.74, 6) is -0.446. The van der Waals surface area contributed by atoms with Gasteiger partial charge in [0, 0.05) is 10.2 Å². The predicted molar refractivity (Wildman–Crippen MR) is 68.6 cm³/mol. The van der Waals surface area contributed by atoms with E-state index in [2.05, 4.69) is 31.2 Å². The molecule has 3 N–H and O–H groups in total. The Kier molecular flexibility index (Phi) is 3.23. The normalized spacial score (nSPS) is 10.3. The second kappa shape index (κ2) is 4.67. The van der Waals surface area contributed by atoms with Crippen molar-refractivity contribution in [1.82, 2.24) is 9.97 Å². The molecule has 0 saturated heterocycles. The maximum atomic E-state index is 13.4. The van der Waals surface area contributed by atoms with E-state index in [0.717, 1.165) is 21.9 Å². The van der Waals surface area contributed by atoms with E-state index in [1.54, 1.807) is 0 Å². The van der Waals surface area contributed by atoms with Gasteiger partial charge >= 0.3 is 0 Å². The van der Waals surface area contributed by atoms with Gasteiger partial charge in [-0.15, -0.1) is 0 Å². The van der Waals surface area contributed by atoms with E-state index < -0.39 is 5.82 Å². The molecule has 1 aromatic carbocycles. The largest absolute Gasteiger partial charge is 0.368 e. The highest BCUT2D eigenvalue weighted by atomic mass is 79.9. The number of nitrogens with one attached hydrogen (secondary N) is 1. The first-order chi connectivity index (χ1) is 8.08. The molecule has 4 nitrogen and oxygen atoms in total. The Labute approximate surface area is 106 Å². The Morgan fingerprint density at radius 2 is 2.18 bits per heavy atom. The molecule has 0 aliphatic rings. The Morgan fingerprint density at radius 3 is 2.94 bits per heavy atom. The SMILES string of the molecule is Cc1c(Br)cccc1Nc1nc(N)ncc1F. The fourth-order valence-electron chi connectivity index (χ4n) is 1.34. The second-order valence-electron chi connectivity index (χ2n) is 3.46. The molecule has 0 aliphatic heterocycles. The maximum absolute atomic E-state index is 13.4. The number of aromatic nitrogens is 2. The summed E-state index contributed by atoms with van der Waals surface area (Å²) in [6.45, 7) is 1.91. The van der Waals surface area contributed by atoms with E-state index in [1.807, 2.05) is 25.1 Å². The average Bonchev–Trinajstić information content (AvgIpc) is 2.30. The van der Waals surface area contributed by atoms with Crippen molar-refractivity contribution in [3.63, 3.8) is 0 Å². The standard InChI is InChI=1S/C11H10BrFN4/c1-6-7(12)3-2-4-9(6)16-10-8(13)5-15-11(14)17-10/h2-5H,1H3,(H3,14,15,16,17). The summed E-state index contributed by atoms with van der Waals surface area (Å²) in [5.41, 5.74) is 7.13. The topological polar surface area (TPSA) is 63.8 Å². The third-order valence-electron chi connectivity index (χ3n) is 2.28. The fourth-order valence-corrected chi connectivity index (χ4v) is 1.71. The minimum absolute atomic E-state index is 0.0292. The van der Waals surface area contributed by atoms with Crippen molar-refractivity contribution in [2.75, 3.05) is 11.1 Å². The van der Waals surface area contributed by atoms with E-state index in [1.165, 1.54) is 0 Å². The first-order valence-corrected chi connectivity index (χ1v) is 5.67. The summed E-state index contributed by atoms with van der Waals surface area (Å²) in [5, 5.41) is 2.89. The van der Waals surface area contributed by atoms with Crippen LogP contribution in [0, 0.1) is 12.7 Å².